The van der Waals surface area contributed by atoms with Crippen molar-refractivity contribution in [3.8, 4) is 0 Å². The van der Waals surface area contributed by atoms with Gasteiger partial charge in [0.25, 0.3) is 0 Å². The van der Waals surface area contributed by atoms with Crippen LogP contribution in [0.2, 0.25) is 0 Å². The zero-order valence-corrected chi connectivity index (χ0v) is 12.8. The van der Waals surface area contributed by atoms with Crippen LogP contribution in [0.5, 0.6) is 0 Å². The first-order valence-corrected chi connectivity index (χ1v) is 7.60. The van der Waals surface area contributed by atoms with Crippen LogP contribution in [0.1, 0.15) is 51.3 Å². The van der Waals surface area contributed by atoms with Gasteiger partial charge >= 0.3 is 0 Å². The van der Waals surface area contributed by atoms with Gasteiger partial charge in [0, 0.05) is 38.2 Å². The van der Waals surface area contributed by atoms with E-state index in [9.17, 15) is 0 Å². The normalized spacial score (nSPS) is 18.9. The Kier molecular flexibility index (Phi) is 5.17. The zero-order chi connectivity index (χ0) is 14.5. The van der Waals surface area contributed by atoms with Gasteiger partial charge in [-0.1, -0.05) is 13.8 Å². The van der Waals surface area contributed by atoms with Crippen molar-refractivity contribution in [3.63, 3.8) is 0 Å². The van der Waals surface area contributed by atoms with Gasteiger partial charge < -0.3 is 15.3 Å². The Morgan fingerprint density at radius 2 is 2.25 bits per heavy atom. The average molecular weight is 278 g/mol. The number of hydrogen-bond donors (Lipinski definition) is 2. The molecule has 5 nitrogen and oxygen atoms in total. The molecule has 1 aromatic rings. The molecule has 112 valence electrons. The Bertz CT molecular complexity index is 436. The number of aliphatic hydroxyl groups is 1. The quantitative estimate of drug-likeness (QED) is 0.836. The third-order valence-electron chi connectivity index (χ3n) is 3.87. The maximum Gasteiger partial charge on any atom is 0.135 e. The molecule has 20 heavy (non-hydrogen) atoms. The van der Waals surface area contributed by atoms with E-state index in [1.807, 2.05) is 13.1 Å². The maximum atomic E-state index is 9.03. The molecule has 2 heterocycles. The van der Waals surface area contributed by atoms with Gasteiger partial charge in [-0.2, -0.15) is 0 Å². The summed E-state index contributed by atoms with van der Waals surface area (Å²) >= 11 is 0. The fourth-order valence-corrected chi connectivity index (χ4v) is 2.75. The first-order chi connectivity index (χ1) is 9.65. The molecular weight excluding hydrogens is 252 g/mol. The Balaban J connectivity index is 2.23. The lowest BCUT2D eigenvalue weighted by Crippen LogP contribution is -2.30. The monoisotopic (exact) mass is 278 g/mol. The number of nitrogens with one attached hydrogen (secondary N) is 1. The standard InChI is InChI=1S/C15H26N4O/c1-11(2)15-17-13(16-3)10-14(18-15)19-8-4-6-12(19)7-5-9-20/h10-12,20H,4-9H2,1-3H3,(H,16,17,18). The molecule has 1 fully saturated rings. The first kappa shape index (κ1) is 15.0. The van der Waals surface area contributed by atoms with Crippen molar-refractivity contribution in [2.75, 3.05) is 30.4 Å². The van der Waals surface area contributed by atoms with Gasteiger partial charge in [-0.05, 0) is 25.7 Å². The van der Waals surface area contributed by atoms with E-state index in [0.717, 1.165) is 36.8 Å². The molecule has 0 aliphatic carbocycles. The van der Waals surface area contributed by atoms with Gasteiger partial charge in [-0.25, -0.2) is 9.97 Å². The minimum absolute atomic E-state index is 0.271. The Morgan fingerprint density at radius 3 is 2.90 bits per heavy atom. The maximum absolute atomic E-state index is 9.03. The highest BCUT2D eigenvalue weighted by molar-refractivity contribution is 5.50. The summed E-state index contributed by atoms with van der Waals surface area (Å²) in [7, 11) is 1.89. The lowest BCUT2D eigenvalue weighted by atomic mass is 10.1. The lowest BCUT2D eigenvalue weighted by molar-refractivity contribution is 0.279. The fraction of sp³-hybridized carbons (Fsp3) is 0.733. The molecule has 0 radical (unpaired) electrons. The van der Waals surface area contributed by atoms with E-state index in [-0.39, 0.29) is 6.61 Å². The summed E-state index contributed by atoms with van der Waals surface area (Å²) in [6.45, 7) is 5.55. The van der Waals surface area contributed by atoms with Gasteiger partial charge in [0.15, 0.2) is 0 Å². The molecule has 1 aliphatic heterocycles. The molecule has 2 N–H and O–H groups in total. The van der Waals surface area contributed by atoms with Crippen LogP contribution in [-0.4, -0.2) is 41.3 Å². The van der Waals surface area contributed by atoms with Gasteiger partial charge in [0.1, 0.15) is 17.5 Å². The zero-order valence-electron chi connectivity index (χ0n) is 12.8. The van der Waals surface area contributed by atoms with Gasteiger partial charge in [-0.3, -0.25) is 0 Å². The topological polar surface area (TPSA) is 61.3 Å². The van der Waals surface area contributed by atoms with Crippen LogP contribution in [0, 0.1) is 0 Å². The van der Waals surface area contributed by atoms with Crippen LogP contribution in [-0.2, 0) is 0 Å². The lowest BCUT2D eigenvalue weighted by Gasteiger charge is -2.26. The summed E-state index contributed by atoms with van der Waals surface area (Å²) in [6, 6.07) is 2.53. The molecule has 0 aromatic carbocycles. The molecular formula is C15H26N4O. The van der Waals surface area contributed by atoms with E-state index in [1.165, 1.54) is 12.8 Å². The van der Waals surface area contributed by atoms with Crippen LogP contribution in [0.15, 0.2) is 6.07 Å². The predicted octanol–water partition coefficient (Wildman–Crippen LogP) is 2.38. The minimum atomic E-state index is 0.271. The minimum Gasteiger partial charge on any atom is -0.396 e. The van der Waals surface area contributed by atoms with Crippen molar-refractivity contribution in [1.82, 2.24) is 9.97 Å². The largest absolute Gasteiger partial charge is 0.396 e. The molecule has 1 unspecified atom stereocenters. The number of nitrogens with zero attached hydrogens (tertiary/aromatic N) is 3. The number of hydrogen-bond acceptors (Lipinski definition) is 5. The molecule has 2 rings (SSSR count). The Labute approximate surface area is 121 Å². The summed E-state index contributed by atoms with van der Waals surface area (Å²) in [5.41, 5.74) is 0. The second-order valence-electron chi connectivity index (χ2n) is 5.73. The first-order valence-electron chi connectivity index (χ1n) is 7.60. The molecule has 0 bridgehead atoms. The van der Waals surface area contributed by atoms with Crippen molar-refractivity contribution >= 4 is 11.6 Å². The van der Waals surface area contributed by atoms with E-state index < -0.39 is 0 Å². The predicted molar refractivity (Wildman–Crippen MR) is 82.4 cm³/mol. The number of anilines is 2. The van der Waals surface area contributed by atoms with Crippen LogP contribution in [0.4, 0.5) is 11.6 Å². The number of aromatic nitrogens is 2. The van der Waals surface area contributed by atoms with Crippen LogP contribution in [0.3, 0.4) is 0 Å². The second-order valence-corrected chi connectivity index (χ2v) is 5.73. The number of aliphatic hydroxyl groups excluding tert-OH is 1. The molecule has 0 amide bonds. The van der Waals surface area contributed by atoms with Crippen molar-refractivity contribution < 1.29 is 5.11 Å². The van der Waals surface area contributed by atoms with Crippen molar-refractivity contribution in [2.45, 2.75) is 51.5 Å². The fourth-order valence-electron chi connectivity index (χ4n) is 2.75. The van der Waals surface area contributed by atoms with E-state index in [0.29, 0.717) is 12.0 Å². The van der Waals surface area contributed by atoms with Crippen molar-refractivity contribution in [1.29, 1.82) is 0 Å². The molecule has 1 saturated heterocycles. The Hall–Kier alpha value is -1.36. The molecule has 0 spiro atoms. The van der Waals surface area contributed by atoms with Gasteiger partial charge in [-0.15, -0.1) is 0 Å². The van der Waals surface area contributed by atoms with E-state index in [2.05, 4.69) is 29.0 Å². The second kappa shape index (κ2) is 6.88. The average Bonchev–Trinajstić information content (AvgIpc) is 2.92. The highest BCUT2D eigenvalue weighted by atomic mass is 16.2. The number of rotatable bonds is 6. The summed E-state index contributed by atoms with van der Waals surface area (Å²) in [4.78, 5) is 11.6. The van der Waals surface area contributed by atoms with Crippen LogP contribution in [0.25, 0.3) is 0 Å². The van der Waals surface area contributed by atoms with Crippen LogP contribution < -0.4 is 10.2 Å². The molecule has 1 aromatic heterocycles. The molecule has 5 heteroatoms. The third kappa shape index (κ3) is 3.39. The summed E-state index contributed by atoms with van der Waals surface area (Å²) in [6.07, 6.45) is 4.29. The summed E-state index contributed by atoms with van der Waals surface area (Å²) < 4.78 is 0. The highest BCUT2D eigenvalue weighted by Crippen LogP contribution is 2.29. The summed E-state index contributed by atoms with van der Waals surface area (Å²) in [5.74, 6) is 3.11. The SMILES string of the molecule is CNc1cc(N2CCCC2CCCO)nc(C(C)C)n1. The smallest absolute Gasteiger partial charge is 0.135 e. The Morgan fingerprint density at radius 1 is 1.45 bits per heavy atom. The van der Waals surface area contributed by atoms with Crippen molar-refractivity contribution in [2.24, 2.45) is 0 Å². The third-order valence-corrected chi connectivity index (χ3v) is 3.87. The molecule has 1 atom stereocenters. The van der Waals surface area contributed by atoms with Crippen molar-refractivity contribution in [3.05, 3.63) is 11.9 Å². The van der Waals surface area contributed by atoms with Gasteiger partial charge in [0.05, 0.1) is 0 Å². The van der Waals surface area contributed by atoms with E-state index in [4.69, 9.17) is 10.1 Å². The molecule has 0 saturated carbocycles. The van der Waals surface area contributed by atoms with E-state index in [1.54, 1.807) is 0 Å². The summed E-state index contributed by atoms with van der Waals surface area (Å²) in [5, 5.41) is 12.2. The van der Waals surface area contributed by atoms with E-state index >= 15 is 0 Å². The highest BCUT2D eigenvalue weighted by Gasteiger charge is 2.26. The molecule has 1 aliphatic rings. The van der Waals surface area contributed by atoms with Crippen LogP contribution >= 0.6 is 0 Å². The van der Waals surface area contributed by atoms with Gasteiger partial charge in [0.2, 0.25) is 0 Å².